The molecule has 0 heterocycles. The van der Waals surface area contributed by atoms with Gasteiger partial charge < -0.3 is 10.1 Å². The lowest BCUT2D eigenvalue weighted by molar-refractivity contribution is -0.387. The molecule has 2 rings (SSSR count). The molecule has 0 saturated heterocycles. The average Bonchev–Trinajstić information content (AvgIpc) is 2.62. The molecule has 1 N–H and O–H groups in total. The lowest BCUT2D eigenvalue weighted by atomic mass is 10.1. The van der Waals surface area contributed by atoms with Gasteiger partial charge in [-0.25, -0.2) is 4.79 Å². The van der Waals surface area contributed by atoms with E-state index < -0.39 is 39.3 Å². The van der Waals surface area contributed by atoms with Crippen molar-refractivity contribution in [2.75, 3.05) is 5.32 Å². The number of hydrogen-bond donors (Lipinski definition) is 1. The Morgan fingerprint density at radius 1 is 1.07 bits per heavy atom. The van der Waals surface area contributed by atoms with Gasteiger partial charge in [0.2, 0.25) is 5.82 Å². The first-order valence-corrected chi connectivity index (χ1v) is 7.81. The third-order valence-electron chi connectivity index (χ3n) is 3.70. The van der Waals surface area contributed by atoms with Crippen molar-refractivity contribution in [1.82, 2.24) is 0 Å². The van der Waals surface area contributed by atoms with Crippen LogP contribution in [0.2, 0.25) is 0 Å². The van der Waals surface area contributed by atoms with E-state index in [1.165, 1.54) is 26.0 Å². The van der Waals surface area contributed by atoms with Crippen LogP contribution >= 0.6 is 0 Å². The molecule has 0 aliphatic heterocycles. The molecule has 1 amide bonds. The largest absolute Gasteiger partial charge is 0.449 e. The van der Waals surface area contributed by atoms with E-state index in [0.29, 0.717) is 5.56 Å². The van der Waals surface area contributed by atoms with Crippen molar-refractivity contribution < 1.29 is 28.6 Å². The van der Waals surface area contributed by atoms with Crippen LogP contribution in [0.15, 0.2) is 36.4 Å². The second kappa shape index (κ2) is 8.20. The van der Waals surface area contributed by atoms with Crippen molar-refractivity contribution in [2.45, 2.75) is 20.0 Å². The van der Waals surface area contributed by atoms with E-state index in [2.05, 4.69) is 5.32 Å². The number of nitrogens with zero attached hydrogens (tertiary/aromatic N) is 2. The maximum absolute atomic E-state index is 13.3. The Labute approximate surface area is 157 Å². The van der Waals surface area contributed by atoms with Crippen LogP contribution in [-0.2, 0) is 9.53 Å². The predicted octanol–water partition coefficient (Wildman–Crippen LogP) is 3.13. The summed E-state index contributed by atoms with van der Waals surface area (Å²) in [5.74, 6) is -2.85. The number of hydrogen-bond acceptors (Lipinski definition) is 7. The van der Waals surface area contributed by atoms with E-state index in [0.717, 1.165) is 24.3 Å². The molecule has 28 heavy (non-hydrogen) atoms. The molecular formula is C17H14FN3O7. The fourth-order valence-electron chi connectivity index (χ4n) is 2.19. The molecule has 0 radical (unpaired) electrons. The topological polar surface area (TPSA) is 142 Å². The van der Waals surface area contributed by atoms with E-state index in [4.69, 9.17) is 4.74 Å². The van der Waals surface area contributed by atoms with Gasteiger partial charge in [0.1, 0.15) is 0 Å². The number of carbonyl (C=O) groups excluding carboxylic acids is 2. The third-order valence-corrected chi connectivity index (χ3v) is 3.70. The molecule has 2 aromatic rings. The molecule has 1 unspecified atom stereocenters. The van der Waals surface area contributed by atoms with Gasteiger partial charge in [0, 0.05) is 23.4 Å². The first kappa shape index (κ1) is 20.4. The lowest BCUT2D eigenvalue weighted by Gasteiger charge is -2.13. The SMILES string of the molecule is Cc1ccc(C(=O)OC(C)C(=O)Nc2ccc(F)c([N+](=O)[O-])c2)cc1[N+](=O)[O-]. The number of ether oxygens (including phenoxy) is 1. The van der Waals surface area contributed by atoms with Gasteiger partial charge >= 0.3 is 11.7 Å². The van der Waals surface area contributed by atoms with Gasteiger partial charge in [-0.3, -0.25) is 25.0 Å². The summed E-state index contributed by atoms with van der Waals surface area (Å²) in [7, 11) is 0. The second-order valence-electron chi connectivity index (χ2n) is 5.72. The maximum atomic E-state index is 13.3. The van der Waals surface area contributed by atoms with Crippen LogP contribution in [0.5, 0.6) is 0 Å². The summed E-state index contributed by atoms with van der Waals surface area (Å²) in [6.45, 7) is 2.75. The molecule has 146 valence electrons. The highest BCUT2D eigenvalue weighted by atomic mass is 19.1. The molecule has 1 atom stereocenters. The minimum absolute atomic E-state index is 0.0630. The molecule has 0 aromatic heterocycles. The first-order chi connectivity index (χ1) is 13.1. The maximum Gasteiger partial charge on any atom is 0.339 e. The fourth-order valence-corrected chi connectivity index (χ4v) is 2.19. The molecule has 0 spiro atoms. The first-order valence-electron chi connectivity index (χ1n) is 7.81. The number of rotatable bonds is 6. The summed E-state index contributed by atoms with van der Waals surface area (Å²) in [5.41, 5.74) is -0.925. The highest BCUT2D eigenvalue weighted by Gasteiger charge is 2.22. The van der Waals surface area contributed by atoms with Crippen LogP contribution in [0.4, 0.5) is 21.5 Å². The van der Waals surface area contributed by atoms with Gasteiger partial charge in [0.05, 0.1) is 15.4 Å². The van der Waals surface area contributed by atoms with Crippen molar-refractivity contribution in [3.8, 4) is 0 Å². The zero-order valence-electron chi connectivity index (χ0n) is 14.7. The summed E-state index contributed by atoms with van der Waals surface area (Å²) in [5, 5.41) is 23.9. The Hall–Kier alpha value is -3.89. The van der Waals surface area contributed by atoms with E-state index in [-0.39, 0.29) is 16.9 Å². The quantitative estimate of drug-likeness (QED) is 0.453. The van der Waals surface area contributed by atoms with Crippen LogP contribution in [-0.4, -0.2) is 27.8 Å². The number of nitro groups is 2. The summed E-state index contributed by atoms with van der Waals surface area (Å²) in [6, 6.07) is 6.47. The van der Waals surface area contributed by atoms with Crippen LogP contribution in [0.3, 0.4) is 0 Å². The van der Waals surface area contributed by atoms with Crippen LogP contribution in [0.25, 0.3) is 0 Å². The van der Waals surface area contributed by atoms with E-state index in [9.17, 15) is 34.2 Å². The number of esters is 1. The molecular weight excluding hydrogens is 377 g/mol. The Bertz CT molecular complexity index is 977. The highest BCUT2D eigenvalue weighted by Crippen LogP contribution is 2.22. The Balaban J connectivity index is 2.09. The van der Waals surface area contributed by atoms with Crippen molar-refractivity contribution in [2.24, 2.45) is 0 Å². The smallest absolute Gasteiger partial charge is 0.339 e. The molecule has 0 fully saturated rings. The zero-order chi connectivity index (χ0) is 21.0. The molecule has 0 aliphatic rings. The third kappa shape index (κ3) is 4.63. The number of halogens is 1. The number of amides is 1. The van der Waals surface area contributed by atoms with Crippen molar-refractivity contribution >= 4 is 28.9 Å². The molecule has 0 bridgehead atoms. The van der Waals surface area contributed by atoms with Crippen molar-refractivity contribution in [1.29, 1.82) is 0 Å². The number of nitro benzene ring substituents is 2. The van der Waals surface area contributed by atoms with Gasteiger partial charge in [0.25, 0.3) is 11.6 Å². The van der Waals surface area contributed by atoms with Crippen LogP contribution < -0.4 is 5.32 Å². The average molecular weight is 391 g/mol. The van der Waals surface area contributed by atoms with Crippen molar-refractivity contribution in [3.63, 3.8) is 0 Å². The van der Waals surface area contributed by atoms with Gasteiger partial charge in [0.15, 0.2) is 6.10 Å². The number of benzene rings is 2. The minimum atomic E-state index is -1.32. The number of carbonyl (C=O) groups is 2. The number of aryl methyl sites for hydroxylation is 1. The summed E-state index contributed by atoms with van der Waals surface area (Å²) >= 11 is 0. The van der Waals surface area contributed by atoms with Gasteiger partial charge in [-0.15, -0.1) is 0 Å². The van der Waals surface area contributed by atoms with Gasteiger partial charge in [-0.05, 0) is 32.0 Å². The van der Waals surface area contributed by atoms with Gasteiger partial charge in [-0.2, -0.15) is 4.39 Å². The molecule has 11 heteroatoms. The number of nitrogens with one attached hydrogen (secondary N) is 1. The Kier molecular flexibility index (Phi) is 5.98. The molecule has 0 aliphatic carbocycles. The minimum Gasteiger partial charge on any atom is -0.449 e. The lowest BCUT2D eigenvalue weighted by Crippen LogP contribution is -2.30. The summed E-state index contributed by atoms with van der Waals surface area (Å²) in [6.07, 6.45) is -1.32. The predicted molar refractivity (Wildman–Crippen MR) is 94.4 cm³/mol. The van der Waals surface area contributed by atoms with E-state index >= 15 is 0 Å². The van der Waals surface area contributed by atoms with Crippen molar-refractivity contribution in [3.05, 3.63) is 73.6 Å². The van der Waals surface area contributed by atoms with Gasteiger partial charge in [-0.1, -0.05) is 6.07 Å². The second-order valence-corrected chi connectivity index (χ2v) is 5.72. The number of anilines is 1. The zero-order valence-corrected chi connectivity index (χ0v) is 14.7. The Morgan fingerprint density at radius 2 is 1.71 bits per heavy atom. The standard InChI is InChI=1S/C17H14FN3O7/c1-9-3-4-11(7-14(9)20(24)25)17(23)28-10(2)16(22)19-12-5-6-13(18)15(8-12)21(26)27/h3-8,10H,1-2H3,(H,19,22). The summed E-state index contributed by atoms with van der Waals surface area (Å²) < 4.78 is 18.3. The van der Waals surface area contributed by atoms with E-state index in [1.807, 2.05) is 0 Å². The molecule has 0 saturated carbocycles. The monoisotopic (exact) mass is 391 g/mol. The normalized spacial score (nSPS) is 11.4. The molecule has 2 aromatic carbocycles. The fraction of sp³-hybridized carbons (Fsp3) is 0.176. The van der Waals surface area contributed by atoms with E-state index in [1.54, 1.807) is 0 Å². The van der Waals surface area contributed by atoms with Crippen LogP contribution in [0, 0.1) is 33.0 Å². The van der Waals surface area contributed by atoms with Crippen LogP contribution in [0.1, 0.15) is 22.8 Å². The Morgan fingerprint density at radius 3 is 2.32 bits per heavy atom. The summed E-state index contributed by atoms with van der Waals surface area (Å²) in [4.78, 5) is 44.3. The highest BCUT2D eigenvalue weighted by molar-refractivity contribution is 5.97. The molecule has 10 nitrogen and oxygen atoms in total.